The van der Waals surface area contributed by atoms with Crippen molar-refractivity contribution in [3.63, 3.8) is 0 Å². The summed E-state index contributed by atoms with van der Waals surface area (Å²) >= 11 is 7.68. The van der Waals surface area contributed by atoms with Crippen molar-refractivity contribution in [3.8, 4) is 22.7 Å². The van der Waals surface area contributed by atoms with Crippen LogP contribution in [0.4, 0.5) is 23.7 Å². The Balaban J connectivity index is 0.000000204. The average Bonchev–Trinajstić information content (AvgIpc) is 1.59. The lowest BCUT2D eigenvalue weighted by atomic mass is 10.1. The van der Waals surface area contributed by atoms with Crippen molar-refractivity contribution in [3.05, 3.63) is 231 Å². The van der Waals surface area contributed by atoms with Crippen LogP contribution in [0.1, 0.15) is 304 Å². The molecule has 4 fully saturated rings. The predicted octanol–water partition coefficient (Wildman–Crippen LogP) is 23.0. The Morgan fingerprint density at radius 1 is 0.457 bits per heavy atom. The summed E-state index contributed by atoms with van der Waals surface area (Å²) in [7, 11) is 0. The number of pyridine rings is 4. The summed E-state index contributed by atoms with van der Waals surface area (Å²) in [5.41, 5.74) is 13.7. The third kappa shape index (κ3) is 34.2. The molecule has 620 valence electrons. The van der Waals surface area contributed by atoms with Gasteiger partial charge in [0.15, 0.2) is 0 Å². The largest absolute Gasteiger partial charge is 0.379 e. The number of nitriles is 2. The van der Waals surface area contributed by atoms with Gasteiger partial charge < -0.3 is 25.2 Å². The number of nitrogens with one attached hydrogen (secondary N) is 2. The lowest BCUT2D eigenvalue weighted by Gasteiger charge is -2.23. The fourth-order valence-corrected chi connectivity index (χ4v) is 13.1. The molecule has 116 heavy (non-hydrogen) atoms. The van der Waals surface area contributed by atoms with Gasteiger partial charge in [-0.3, -0.25) is 15.0 Å². The minimum Gasteiger partial charge on any atom is -0.379 e. The van der Waals surface area contributed by atoms with Gasteiger partial charge in [-0.15, -0.1) is 11.3 Å². The maximum atomic E-state index is 9.16. The van der Waals surface area contributed by atoms with E-state index in [4.69, 9.17) is 26.9 Å². The van der Waals surface area contributed by atoms with E-state index in [9.17, 15) is 0 Å². The van der Waals surface area contributed by atoms with Crippen LogP contribution >= 0.6 is 22.9 Å². The molecule has 0 amide bonds. The first kappa shape index (κ1) is 95.0. The molecule has 3 saturated heterocycles. The number of ether oxygens (including phenoxy) is 1. The highest BCUT2D eigenvalue weighted by atomic mass is 35.5. The van der Waals surface area contributed by atoms with E-state index in [1.54, 1.807) is 23.7 Å². The van der Waals surface area contributed by atoms with Gasteiger partial charge in [-0.05, 0) is 177 Å². The van der Waals surface area contributed by atoms with Gasteiger partial charge in [-0.25, -0.2) is 49.8 Å². The quantitative estimate of drug-likeness (QED) is 0.0911. The normalized spacial score (nSPS) is 15.3. The molecular formula is C94H130ClN19OS. The Hall–Kier alpha value is -9.80. The number of rotatable bonds is 16. The number of aryl methyl sites for hydroxylation is 2. The molecule has 1 aliphatic carbocycles. The van der Waals surface area contributed by atoms with Crippen LogP contribution in [0, 0.1) is 48.3 Å². The van der Waals surface area contributed by atoms with Gasteiger partial charge in [0.1, 0.15) is 28.8 Å². The van der Waals surface area contributed by atoms with Gasteiger partial charge in [0.2, 0.25) is 17.8 Å². The number of aromatic nitrogens is 13. The van der Waals surface area contributed by atoms with E-state index in [-0.39, 0.29) is 0 Å². The van der Waals surface area contributed by atoms with Crippen LogP contribution in [0.25, 0.3) is 10.6 Å². The molecule has 0 spiro atoms. The average molecular weight is 1610 g/mol. The third-order valence-corrected chi connectivity index (χ3v) is 20.3. The van der Waals surface area contributed by atoms with Crippen molar-refractivity contribution in [1.29, 1.82) is 10.5 Å². The van der Waals surface area contributed by atoms with E-state index in [1.807, 2.05) is 137 Å². The molecular weight excluding hydrogens is 1480 g/mol. The topological polar surface area (TPSA) is 255 Å². The molecule has 0 radical (unpaired) electrons. The Morgan fingerprint density at radius 3 is 1.44 bits per heavy atom. The zero-order chi connectivity index (χ0) is 84.8. The Morgan fingerprint density at radius 2 is 0.983 bits per heavy atom. The number of halogens is 1. The maximum Gasteiger partial charge on any atom is 0.225 e. The van der Waals surface area contributed by atoms with Crippen LogP contribution in [-0.4, -0.2) is 116 Å². The summed E-state index contributed by atoms with van der Waals surface area (Å²) in [5, 5.41) is 28.3. The van der Waals surface area contributed by atoms with Crippen molar-refractivity contribution < 1.29 is 4.74 Å². The third-order valence-electron chi connectivity index (χ3n) is 19.0. The first-order valence-corrected chi connectivity index (χ1v) is 42.9. The summed E-state index contributed by atoms with van der Waals surface area (Å²) in [6.07, 6.45) is 21.4. The molecule has 20 nitrogen and oxygen atoms in total. The van der Waals surface area contributed by atoms with E-state index in [0.717, 1.165) is 137 Å². The second-order valence-corrected chi connectivity index (χ2v) is 34.2. The minimum absolute atomic E-state index is 0.322. The van der Waals surface area contributed by atoms with Crippen molar-refractivity contribution in [1.82, 2.24) is 64.8 Å². The number of hydrogen-bond donors (Lipinski definition) is 2. The molecule has 2 N–H and O–H groups in total. The van der Waals surface area contributed by atoms with Crippen LogP contribution in [-0.2, 0) is 4.74 Å². The SMILES string of the molecule is CC(C)c1ccccn1.CC(C)c1ccnc(NC2CC2)n1.CC(C)c1ccnc(NC2CCCOC2)n1.CC(C)c1csc(-c2ccccc2)n1.CC(C)c1ncc(C#N)cn1.CC1CCN(c2nc(C(C)C)ccc2C#N)C1.CC1CCN(c2nccc(C(C)C)n2)C1.Cc1ccc(C(C)C)nc1.Cc1cnc(C(C)C)c(Cl)c1. The summed E-state index contributed by atoms with van der Waals surface area (Å²) in [6, 6.07) is 37.5. The van der Waals surface area contributed by atoms with Gasteiger partial charge in [0, 0.05) is 139 Å². The summed E-state index contributed by atoms with van der Waals surface area (Å²) in [4.78, 5) is 60.8. The first-order chi connectivity index (χ1) is 55.4. The van der Waals surface area contributed by atoms with Crippen LogP contribution in [0.5, 0.6) is 0 Å². The summed E-state index contributed by atoms with van der Waals surface area (Å²) < 4.78 is 5.41. The molecule has 9 aromatic heterocycles. The minimum atomic E-state index is 0.322. The Kier molecular flexibility index (Phi) is 40.9. The molecule has 4 aliphatic rings. The van der Waals surface area contributed by atoms with Crippen LogP contribution in [0.15, 0.2) is 152 Å². The number of thiazole rings is 1. The molecule has 3 unspecified atom stereocenters. The number of benzene rings is 1. The van der Waals surface area contributed by atoms with Crippen LogP contribution in [0.3, 0.4) is 0 Å². The van der Waals surface area contributed by atoms with E-state index in [1.165, 1.54) is 48.2 Å². The molecule has 22 heteroatoms. The molecule has 10 aromatic rings. The molecule has 14 rings (SSSR count). The number of hydrogen-bond acceptors (Lipinski definition) is 21. The fourth-order valence-electron chi connectivity index (χ4n) is 11.6. The number of nitrogens with zero attached hydrogens (tertiary/aromatic N) is 17. The highest BCUT2D eigenvalue weighted by molar-refractivity contribution is 7.13. The van der Waals surface area contributed by atoms with Gasteiger partial charge in [-0.2, -0.15) is 10.5 Å². The van der Waals surface area contributed by atoms with Gasteiger partial charge >= 0.3 is 0 Å². The van der Waals surface area contributed by atoms with Gasteiger partial charge in [0.05, 0.1) is 40.2 Å². The van der Waals surface area contributed by atoms with E-state index in [2.05, 4.69) is 252 Å². The van der Waals surface area contributed by atoms with Gasteiger partial charge in [0.25, 0.3) is 0 Å². The highest BCUT2D eigenvalue weighted by Gasteiger charge is 2.25. The first-order valence-electron chi connectivity index (χ1n) is 41.6. The summed E-state index contributed by atoms with van der Waals surface area (Å²) in [5.74, 6) is 9.68. The molecule has 3 aliphatic heterocycles. The standard InChI is InChI=1S/C14H19N3.C12H19N3O.C12H19N3.C12H13NS.C10H15N3.C9H12ClN.C9H13N.C8H9N3.C8H11N/c1-10(2)13-5-4-12(8-15)14(16-13)17-7-6-11(3)9-17;1-9(2)11-5-6-13-12(15-11)14-10-4-3-7-16-8-10;1-9(2)11-4-6-13-12(14-11)15-7-5-10(3)8-15;1-9(2)11-8-14-12(13-11)10-6-4-3-5-7-10;1-7(2)9-5-6-11-10(13-9)12-8-3-4-8;1-6(2)9-8(10)4-7(3)5-11-9;1-7(2)9-5-4-8(3)6-10-9;1-6(2)8-10-4-7(3-9)5-11-8;1-7(2)8-5-3-4-6-9-8/h4-5,10-11H,6-7,9H2,1-3H3;5-6,9-10H,3-4,7-8H2,1-2H3,(H,13,14,15);4,6,9-10H,5,7-8H2,1-3H3;3-9H,1-2H3;5-8H,3-4H2,1-2H3,(H,11,12,13);4-6H,1-3H3;4-7H,1-3H3;4-6H,1-2H3;3-7H,1-2H3. The van der Waals surface area contributed by atoms with Crippen LogP contribution in [0.2, 0.25) is 5.02 Å². The van der Waals surface area contributed by atoms with Crippen molar-refractivity contribution in [2.45, 2.75) is 256 Å². The van der Waals surface area contributed by atoms with E-state index in [0.29, 0.717) is 82.4 Å². The molecule has 12 heterocycles. The monoisotopic (exact) mass is 1610 g/mol. The van der Waals surface area contributed by atoms with Gasteiger partial charge in [-0.1, -0.05) is 193 Å². The van der Waals surface area contributed by atoms with Crippen LogP contribution < -0.4 is 20.4 Å². The van der Waals surface area contributed by atoms with E-state index >= 15 is 0 Å². The maximum absolute atomic E-state index is 9.16. The smallest absolute Gasteiger partial charge is 0.225 e. The summed E-state index contributed by atoms with van der Waals surface area (Å²) in [6.45, 7) is 52.7. The Bertz CT molecular complexity index is 4510. The van der Waals surface area contributed by atoms with Crippen molar-refractivity contribution in [2.24, 2.45) is 11.8 Å². The van der Waals surface area contributed by atoms with Crippen molar-refractivity contribution >= 4 is 46.6 Å². The highest BCUT2D eigenvalue weighted by Crippen LogP contribution is 2.30. The second kappa shape index (κ2) is 50.0. The lowest BCUT2D eigenvalue weighted by molar-refractivity contribution is 0.0874. The molecule has 1 aromatic carbocycles. The predicted molar refractivity (Wildman–Crippen MR) is 479 cm³/mol. The fraction of sp³-hybridized carbons (Fsp3) is 0.500. The molecule has 1 saturated carbocycles. The van der Waals surface area contributed by atoms with E-state index < -0.39 is 0 Å². The number of anilines is 4. The molecule has 0 bridgehead atoms. The Labute approximate surface area is 703 Å². The second-order valence-electron chi connectivity index (χ2n) is 32.9. The zero-order valence-electron chi connectivity index (χ0n) is 73.2. The zero-order valence-corrected chi connectivity index (χ0v) is 74.8. The van der Waals surface area contributed by atoms with Crippen molar-refractivity contribution in [2.75, 3.05) is 59.8 Å². The molecule has 3 atom stereocenters. The lowest BCUT2D eigenvalue weighted by Crippen LogP contribution is -2.30.